The summed E-state index contributed by atoms with van der Waals surface area (Å²) >= 11 is 0. The maximum atomic E-state index is 11.6. The predicted octanol–water partition coefficient (Wildman–Crippen LogP) is 0.445. The number of urea groups is 1. The number of rotatable bonds is 2. The molecule has 0 saturated carbocycles. The van der Waals surface area contributed by atoms with E-state index in [1.165, 1.54) is 0 Å². The molecule has 16 heavy (non-hydrogen) atoms. The summed E-state index contributed by atoms with van der Waals surface area (Å²) in [6, 6.07) is -0.315. The average Bonchev–Trinajstić information content (AvgIpc) is 2.59. The van der Waals surface area contributed by atoms with E-state index in [-0.39, 0.29) is 24.3 Å². The van der Waals surface area contributed by atoms with Crippen molar-refractivity contribution in [1.82, 2.24) is 10.2 Å². The Kier molecular flexibility index (Phi) is 3.00. The number of hydrogen-bond donors (Lipinski definition) is 2. The first kappa shape index (κ1) is 11.2. The van der Waals surface area contributed by atoms with Crippen LogP contribution >= 0.6 is 0 Å². The first-order valence-electron chi connectivity index (χ1n) is 5.66. The third-order valence-electron chi connectivity index (χ3n) is 3.18. The standard InChI is InChI=1S/C10H18N4O2/c1-3-7-6(2)4-8(16-7)14-5-12-9(11)13-10(14)15/h6-8H,3-5H2,1-2H3,(H3,11,12,13,15)/t6?,7?,8-/m0/s1. The molecule has 2 aliphatic rings. The van der Waals surface area contributed by atoms with Crippen molar-refractivity contribution in [3.05, 3.63) is 0 Å². The highest BCUT2D eigenvalue weighted by Crippen LogP contribution is 2.30. The molecule has 3 N–H and O–H groups in total. The highest BCUT2D eigenvalue weighted by Gasteiger charge is 2.37. The monoisotopic (exact) mass is 226 g/mol. The van der Waals surface area contributed by atoms with E-state index in [0.717, 1.165) is 12.8 Å². The van der Waals surface area contributed by atoms with Crippen molar-refractivity contribution in [3.63, 3.8) is 0 Å². The normalized spacial score (nSPS) is 34.9. The van der Waals surface area contributed by atoms with Crippen LogP contribution in [-0.2, 0) is 4.74 Å². The molecule has 2 aliphatic heterocycles. The van der Waals surface area contributed by atoms with E-state index in [4.69, 9.17) is 10.5 Å². The van der Waals surface area contributed by atoms with Gasteiger partial charge in [-0.2, -0.15) is 4.99 Å². The van der Waals surface area contributed by atoms with Gasteiger partial charge in [-0.15, -0.1) is 0 Å². The molecule has 0 aliphatic carbocycles. The molecular weight excluding hydrogens is 208 g/mol. The van der Waals surface area contributed by atoms with Crippen LogP contribution in [0, 0.1) is 5.92 Å². The van der Waals surface area contributed by atoms with E-state index >= 15 is 0 Å². The molecule has 6 nitrogen and oxygen atoms in total. The van der Waals surface area contributed by atoms with Crippen molar-refractivity contribution in [3.8, 4) is 0 Å². The number of aliphatic imine (C=N–C) groups is 1. The average molecular weight is 226 g/mol. The van der Waals surface area contributed by atoms with Crippen LogP contribution in [0.1, 0.15) is 26.7 Å². The molecule has 6 heteroatoms. The molecule has 1 fully saturated rings. The minimum absolute atomic E-state index is 0.170. The van der Waals surface area contributed by atoms with Crippen molar-refractivity contribution in [2.75, 3.05) is 6.67 Å². The number of carbonyl (C=O) groups excluding carboxylic acids is 1. The number of nitrogens with one attached hydrogen (secondary N) is 1. The van der Waals surface area contributed by atoms with Crippen molar-refractivity contribution in [2.45, 2.75) is 39.0 Å². The van der Waals surface area contributed by atoms with Crippen molar-refractivity contribution < 1.29 is 9.53 Å². The molecule has 0 bridgehead atoms. The Morgan fingerprint density at radius 1 is 1.69 bits per heavy atom. The summed E-state index contributed by atoms with van der Waals surface area (Å²) in [5.74, 6) is 0.658. The van der Waals surface area contributed by atoms with Crippen molar-refractivity contribution >= 4 is 12.0 Å². The van der Waals surface area contributed by atoms with E-state index in [9.17, 15) is 4.79 Å². The highest BCUT2D eigenvalue weighted by atomic mass is 16.5. The molecule has 0 radical (unpaired) electrons. The smallest absolute Gasteiger partial charge is 0.350 e. The molecule has 1 saturated heterocycles. The lowest BCUT2D eigenvalue weighted by Gasteiger charge is -2.30. The Labute approximate surface area is 94.8 Å². The van der Waals surface area contributed by atoms with Crippen LogP contribution < -0.4 is 11.1 Å². The Hall–Kier alpha value is -1.30. The lowest BCUT2D eigenvalue weighted by Crippen LogP contribution is -2.52. The fraction of sp³-hybridized carbons (Fsp3) is 0.800. The third-order valence-corrected chi connectivity index (χ3v) is 3.18. The van der Waals surface area contributed by atoms with Gasteiger partial charge in [0.1, 0.15) is 6.23 Å². The number of ether oxygens (including phenoxy) is 1. The molecule has 2 amide bonds. The Balaban J connectivity index is 2.02. The van der Waals surface area contributed by atoms with Crippen LogP contribution in [0.2, 0.25) is 0 Å². The van der Waals surface area contributed by atoms with Gasteiger partial charge in [-0.25, -0.2) is 4.79 Å². The van der Waals surface area contributed by atoms with E-state index in [0.29, 0.717) is 12.6 Å². The predicted molar refractivity (Wildman–Crippen MR) is 59.6 cm³/mol. The zero-order valence-corrected chi connectivity index (χ0v) is 9.64. The number of hydrogen-bond acceptors (Lipinski definition) is 4. The fourth-order valence-corrected chi connectivity index (χ4v) is 2.23. The zero-order chi connectivity index (χ0) is 11.7. The second-order valence-electron chi connectivity index (χ2n) is 4.33. The molecule has 2 heterocycles. The van der Waals surface area contributed by atoms with Gasteiger partial charge in [0.25, 0.3) is 0 Å². The van der Waals surface area contributed by atoms with Gasteiger partial charge in [0.15, 0.2) is 5.96 Å². The van der Waals surface area contributed by atoms with Crippen LogP contribution in [0.25, 0.3) is 0 Å². The van der Waals surface area contributed by atoms with Gasteiger partial charge < -0.3 is 15.8 Å². The van der Waals surface area contributed by atoms with Crippen LogP contribution in [-0.4, -0.2) is 35.9 Å². The molecule has 3 atom stereocenters. The molecule has 2 unspecified atom stereocenters. The minimum Gasteiger partial charge on any atom is -0.369 e. The summed E-state index contributed by atoms with van der Waals surface area (Å²) in [6.45, 7) is 4.62. The molecule has 90 valence electrons. The van der Waals surface area contributed by atoms with E-state index in [1.807, 2.05) is 0 Å². The number of nitrogens with two attached hydrogens (primary N) is 1. The SMILES string of the molecule is CCC1O[C@H](N2CNC(N)=NC2=O)CC1C. The van der Waals surface area contributed by atoms with E-state index in [1.54, 1.807) is 4.90 Å². The number of guanidine groups is 1. The van der Waals surface area contributed by atoms with Crippen molar-refractivity contribution in [1.29, 1.82) is 0 Å². The number of nitrogens with zero attached hydrogens (tertiary/aromatic N) is 2. The summed E-state index contributed by atoms with van der Waals surface area (Å²) in [7, 11) is 0. The highest BCUT2D eigenvalue weighted by molar-refractivity contribution is 5.93. The summed E-state index contributed by atoms with van der Waals surface area (Å²) < 4.78 is 5.82. The lowest BCUT2D eigenvalue weighted by atomic mass is 10.0. The first-order chi connectivity index (χ1) is 7.61. The molecule has 0 aromatic rings. The van der Waals surface area contributed by atoms with E-state index in [2.05, 4.69) is 24.2 Å². The summed E-state index contributed by atoms with van der Waals surface area (Å²) in [6.07, 6.45) is 1.90. The second-order valence-corrected chi connectivity index (χ2v) is 4.33. The van der Waals surface area contributed by atoms with Gasteiger partial charge in [0, 0.05) is 0 Å². The maximum absolute atomic E-state index is 11.6. The molecule has 0 aromatic heterocycles. The van der Waals surface area contributed by atoms with Gasteiger partial charge in [0.05, 0.1) is 12.8 Å². The summed E-state index contributed by atoms with van der Waals surface area (Å²) in [5.41, 5.74) is 5.42. The Bertz CT molecular complexity index is 318. The largest absolute Gasteiger partial charge is 0.369 e. The third kappa shape index (κ3) is 1.97. The minimum atomic E-state index is -0.315. The van der Waals surface area contributed by atoms with Gasteiger partial charge in [-0.3, -0.25) is 4.90 Å². The number of carbonyl (C=O) groups is 1. The molecule has 2 rings (SSSR count). The lowest BCUT2D eigenvalue weighted by molar-refractivity contribution is -0.0385. The number of amides is 2. The molecular formula is C10H18N4O2. The van der Waals surface area contributed by atoms with Crippen molar-refractivity contribution in [2.24, 2.45) is 16.6 Å². The molecule has 0 spiro atoms. The van der Waals surface area contributed by atoms with Crippen LogP contribution in [0.15, 0.2) is 4.99 Å². The molecule has 0 aromatic carbocycles. The second kappa shape index (κ2) is 4.29. The van der Waals surface area contributed by atoms with E-state index < -0.39 is 0 Å². The van der Waals surface area contributed by atoms with Gasteiger partial charge in [0.2, 0.25) is 0 Å². The summed E-state index contributed by atoms with van der Waals surface area (Å²) in [5, 5.41) is 2.84. The topological polar surface area (TPSA) is 79.9 Å². The quantitative estimate of drug-likeness (QED) is 0.716. The maximum Gasteiger partial charge on any atom is 0.350 e. The van der Waals surface area contributed by atoms with Crippen LogP contribution in [0.5, 0.6) is 0 Å². The summed E-state index contributed by atoms with van der Waals surface area (Å²) in [4.78, 5) is 16.9. The Morgan fingerprint density at radius 2 is 2.44 bits per heavy atom. The van der Waals surface area contributed by atoms with Gasteiger partial charge in [-0.05, 0) is 18.8 Å². The van der Waals surface area contributed by atoms with Crippen LogP contribution in [0.4, 0.5) is 4.79 Å². The van der Waals surface area contributed by atoms with Crippen LogP contribution in [0.3, 0.4) is 0 Å². The fourth-order valence-electron chi connectivity index (χ4n) is 2.23. The Morgan fingerprint density at radius 3 is 3.00 bits per heavy atom. The van der Waals surface area contributed by atoms with Gasteiger partial charge >= 0.3 is 6.03 Å². The zero-order valence-electron chi connectivity index (χ0n) is 9.64. The first-order valence-corrected chi connectivity index (χ1v) is 5.66. The van der Waals surface area contributed by atoms with Gasteiger partial charge in [-0.1, -0.05) is 13.8 Å².